The maximum atomic E-state index is 14.2. The Bertz CT molecular complexity index is 1210. The monoisotopic (exact) mass is 530 g/mol. The van der Waals surface area contributed by atoms with Crippen LogP contribution >= 0.6 is 11.6 Å². The van der Waals surface area contributed by atoms with Crippen LogP contribution in [0.25, 0.3) is 11.1 Å². The van der Waals surface area contributed by atoms with Crippen molar-refractivity contribution in [2.45, 2.75) is 31.7 Å². The van der Waals surface area contributed by atoms with Crippen LogP contribution in [0.15, 0.2) is 48.7 Å². The van der Waals surface area contributed by atoms with Crippen LogP contribution in [-0.4, -0.2) is 57.4 Å². The summed E-state index contributed by atoms with van der Waals surface area (Å²) < 4.78 is 14.2. The molecule has 37 heavy (non-hydrogen) atoms. The molecule has 10 nitrogen and oxygen atoms in total. The molecule has 0 saturated carbocycles. The third-order valence-electron chi connectivity index (χ3n) is 5.73. The van der Waals surface area contributed by atoms with E-state index in [1.807, 2.05) is 0 Å². The van der Waals surface area contributed by atoms with Gasteiger partial charge < -0.3 is 21.5 Å². The van der Waals surface area contributed by atoms with Crippen LogP contribution in [0.3, 0.4) is 0 Å². The van der Waals surface area contributed by atoms with Gasteiger partial charge in [-0.1, -0.05) is 35.9 Å². The number of hydrogen-bond donors (Lipinski definition) is 5. The number of nitrogens with one attached hydrogen (secondary N) is 3. The molecule has 0 saturated heterocycles. The SMILES string of the molecule is NCCCC(=O)NCC(CC(Cc1ccc(-c2cc(Cl)ccc2F)cc1)NC(=O)c1cn[nH]n1)C(=O)O. The first-order valence-corrected chi connectivity index (χ1v) is 12.0. The van der Waals surface area contributed by atoms with Gasteiger partial charge in [0.05, 0.1) is 12.1 Å². The van der Waals surface area contributed by atoms with Crippen molar-refractivity contribution in [1.29, 1.82) is 0 Å². The predicted octanol–water partition coefficient (Wildman–Crippen LogP) is 2.55. The molecule has 12 heteroatoms. The molecule has 196 valence electrons. The number of hydrogen-bond acceptors (Lipinski definition) is 6. The number of halogens is 2. The largest absolute Gasteiger partial charge is 0.481 e. The van der Waals surface area contributed by atoms with E-state index < -0.39 is 29.7 Å². The fourth-order valence-electron chi connectivity index (χ4n) is 3.79. The fraction of sp³-hybridized carbons (Fsp3) is 0.320. The minimum Gasteiger partial charge on any atom is -0.481 e. The molecule has 2 amide bonds. The first-order chi connectivity index (χ1) is 17.8. The number of carbonyl (C=O) groups excluding carboxylic acids is 2. The third kappa shape index (κ3) is 8.36. The van der Waals surface area contributed by atoms with E-state index in [0.717, 1.165) is 5.56 Å². The first-order valence-electron chi connectivity index (χ1n) is 11.7. The summed E-state index contributed by atoms with van der Waals surface area (Å²) in [5, 5.41) is 25.3. The van der Waals surface area contributed by atoms with Gasteiger partial charge in [-0.05, 0) is 55.1 Å². The lowest BCUT2D eigenvalue weighted by Crippen LogP contribution is -2.42. The normalized spacial score (nSPS) is 12.5. The van der Waals surface area contributed by atoms with Gasteiger partial charge in [-0.2, -0.15) is 15.4 Å². The topological polar surface area (TPSA) is 163 Å². The van der Waals surface area contributed by atoms with E-state index in [-0.39, 0.29) is 37.4 Å². The Morgan fingerprint density at radius 3 is 2.57 bits per heavy atom. The molecule has 0 aliphatic heterocycles. The van der Waals surface area contributed by atoms with E-state index in [4.69, 9.17) is 17.3 Å². The zero-order valence-corrected chi connectivity index (χ0v) is 20.7. The van der Waals surface area contributed by atoms with Crippen LogP contribution in [0.2, 0.25) is 5.02 Å². The van der Waals surface area contributed by atoms with Crippen LogP contribution in [-0.2, 0) is 16.0 Å². The van der Waals surface area contributed by atoms with Gasteiger partial charge in [-0.3, -0.25) is 14.4 Å². The summed E-state index contributed by atoms with van der Waals surface area (Å²) >= 11 is 6.00. The van der Waals surface area contributed by atoms with Crippen molar-refractivity contribution < 1.29 is 23.9 Å². The molecule has 0 bridgehead atoms. The minimum absolute atomic E-state index is 0.0424. The van der Waals surface area contributed by atoms with Gasteiger partial charge in [-0.25, -0.2) is 4.39 Å². The number of amides is 2. The average Bonchev–Trinajstić information content (AvgIpc) is 3.42. The molecule has 0 spiro atoms. The lowest BCUT2D eigenvalue weighted by molar-refractivity contribution is -0.142. The summed E-state index contributed by atoms with van der Waals surface area (Å²) in [5.74, 6) is -3.28. The van der Waals surface area contributed by atoms with Crippen molar-refractivity contribution in [2.24, 2.45) is 11.7 Å². The number of nitrogens with zero attached hydrogens (tertiary/aromatic N) is 2. The first kappa shape index (κ1) is 27.8. The zero-order valence-electron chi connectivity index (χ0n) is 19.9. The number of rotatable bonds is 13. The van der Waals surface area contributed by atoms with E-state index in [0.29, 0.717) is 29.1 Å². The Morgan fingerprint density at radius 1 is 1.16 bits per heavy atom. The molecule has 1 aromatic heterocycles. The van der Waals surface area contributed by atoms with Crippen LogP contribution in [0.1, 0.15) is 35.3 Å². The summed E-state index contributed by atoms with van der Waals surface area (Å²) in [7, 11) is 0. The number of benzene rings is 2. The number of aromatic amines is 1. The second kappa shape index (κ2) is 13.5. The Morgan fingerprint density at radius 2 is 1.92 bits per heavy atom. The maximum absolute atomic E-state index is 14.2. The molecular weight excluding hydrogens is 503 g/mol. The van der Waals surface area contributed by atoms with Crippen LogP contribution in [0.4, 0.5) is 4.39 Å². The number of carboxylic acids is 1. The van der Waals surface area contributed by atoms with Crippen LogP contribution < -0.4 is 16.4 Å². The number of carbonyl (C=O) groups is 3. The van der Waals surface area contributed by atoms with E-state index in [2.05, 4.69) is 26.0 Å². The summed E-state index contributed by atoms with van der Waals surface area (Å²) in [4.78, 5) is 36.5. The highest BCUT2D eigenvalue weighted by molar-refractivity contribution is 6.30. The molecule has 3 aromatic rings. The fourth-order valence-corrected chi connectivity index (χ4v) is 3.96. The summed E-state index contributed by atoms with van der Waals surface area (Å²) in [6.45, 7) is 0.261. The molecule has 2 unspecified atom stereocenters. The molecule has 6 N–H and O–H groups in total. The van der Waals surface area contributed by atoms with Gasteiger partial charge in [-0.15, -0.1) is 0 Å². The predicted molar refractivity (Wildman–Crippen MR) is 135 cm³/mol. The second-order valence-electron chi connectivity index (χ2n) is 8.52. The molecule has 2 aromatic carbocycles. The van der Waals surface area contributed by atoms with E-state index in [1.165, 1.54) is 24.4 Å². The van der Waals surface area contributed by atoms with E-state index in [1.54, 1.807) is 24.3 Å². The van der Waals surface area contributed by atoms with Gasteiger partial charge in [0.2, 0.25) is 5.91 Å². The third-order valence-corrected chi connectivity index (χ3v) is 5.97. The highest BCUT2D eigenvalue weighted by atomic mass is 35.5. The molecular formula is C25H28ClFN6O4. The Hall–Kier alpha value is -3.83. The number of carboxylic acid groups (broad SMARTS) is 1. The van der Waals surface area contributed by atoms with Crippen molar-refractivity contribution in [1.82, 2.24) is 26.0 Å². The van der Waals surface area contributed by atoms with Crippen LogP contribution in [0.5, 0.6) is 0 Å². The highest BCUT2D eigenvalue weighted by Gasteiger charge is 2.25. The summed E-state index contributed by atoms with van der Waals surface area (Å²) in [6.07, 6.45) is 2.28. The molecule has 0 radical (unpaired) electrons. The minimum atomic E-state index is -1.11. The molecule has 0 aliphatic carbocycles. The number of aliphatic carboxylic acids is 1. The summed E-state index contributed by atoms with van der Waals surface area (Å²) in [6, 6.07) is 10.7. The van der Waals surface area contributed by atoms with Gasteiger partial charge in [0.25, 0.3) is 5.91 Å². The Kier molecular flexibility index (Phi) is 10.1. The number of nitrogens with two attached hydrogens (primary N) is 1. The van der Waals surface area contributed by atoms with Gasteiger partial charge in [0, 0.05) is 29.6 Å². The van der Waals surface area contributed by atoms with Gasteiger partial charge in [0.15, 0.2) is 5.69 Å². The standard InChI is InChI=1S/C25H28ClFN6O4/c26-18-7-8-21(27)20(12-18)16-5-3-15(4-6-16)10-19(31-24(35)22-14-30-33-32-22)11-17(25(36)37)13-29-23(34)2-1-9-28/h3-8,12,14,17,19H,1-2,9-11,13,28H2,(H,29,34)(H,31,35)(H,36,37)(H,30,32,33). The summed E-state index contributed by atoms with van der Waals surface area (Å²) in [5.41, 5.74) is 7.23. The maximum Gasteiger partial charge on any atom is 0.308 e. The quantitative estimate of drug-likeness (QED) is 0.227. The Balaban J connectivity index is 1.75. The second-order valence-corrected chi connectivity index (χ2v) is 8.95. The van der Waals surface area contributed by atoms with Crippen molar-refractivity contribution in [3.05, 3.63) is 70.8 Å². The zero-order chi connectivity index (χ0) is 26.8. The molecule has 0 fully saturated rings. The van der Waals surface area contributed by atoms with Crippen molar-refractivity contribution >= 4 is 29.4 Å². The molecule has 2 atom stereocenters. The molecule has 1 heterocycles. The van der Waals surface area contributed by atoms with Crippen molar-refractivity contribution in [3.63, 3.8) is 0 Å². The van der Waals surface area contributed by atoms with Crippen molar-refractivity contribution in [2.75, 3.05) is 13.1 Å². The van der Waals surface area contributed by atoms with Gasteiger partial charge >= 0.3 is 5.97 Å². The lowest BCUT2D eigenvalue weighted by Gasteiger charge is -2.23. The lowest BCUT2D eigenvalue weighted by atomic mass is 9.93. The number of H-pyrrole nitrogens is 1. The smallest absolute Gasteiger partial charge is 0.308 e. The molecule has 0 aliphatic rings. The highest BCUT2D eigenvalue weighted by Crippen LogP contribution is 2.26. The van der Waals surface area contributed by atoms with Gasteiger partial charge in [0.1, 0.15) is 5.82 Å². The van der Waals surface area contributed by atoms with E-state index >= 15 is 0 Å². The van der Waals surface area contributed by atoms with Crippen molar-refractivity contribution in [3.8, 4) is 11.1 Å². The van der Waals surface area contributed by atoms with Crippen LogP contribution in [0, 0.1) is 11.7 Å². The Labute approximate surface area is 217 Å². The van der Waals surface area contributed by atoms with E-state index in [9.17, 15) is 23.9 Å². The number of aromatic nitrogens is 3. The average molecular weight is 531 g/mol. The molecule has 3 rings (SSSR count).